The van der Waals surface area contributed by atoms with Crippen molar-refractivity contribution in [1.82, 2.24) is 4.90 Å². The van der Waals surface area contributed by atoms with Crippen LogP contribution in [0.25, 0.3) is 0 Å². The number of hydrogen-bond donors (Lipinski definition) is 0. The summed E-state index contributed by atoms with van der Waals surface area (Å²) >= 11 is 0. The van der Waals surface area contributed by atoms with Gasteiger partial charge in [0.2, 0.25) is 5.91 Å². The lowest BCUT2D eigenvalue weighted by Gasteiger charge is -2.37. The predicted octanol–water partition coefficient (Wildman–Crippen LogP) is 1.65. The van der Waals surface area contributed by atoms with Crippen LogP contribution in [0, 0.1) is 5.41 Å². The molecule has 1 heterocycles. The summed E-state index contributed by atoms with van der Waals surface area (Å²) in [6, 6.07) is 0. The minimum atomic E-state index is 0.302. The van der Waals surface area contributed by atoms with Crippen LogP contribution in [0.5, 0.6) is 0 Å². The smallest absolute Gasteiger partial charge is 0.222 e. The van der Waals surface area contributed by atoms with E-state index in [4.69, 9.17) is 0 Å². The molecule has 1 atom stereocenters. The van der Waals surface area contributed by atoms with Crippen LogP contribution in [0.1, 0.15) is 33.1 Å². The van der Waals surface area contributed by atoms with Crippen LogP contribution in [0.15, 0.2) is 0 Å². The van der Waals surface area contributed by atoms with E-state index in [0.29, 0.717) is 11.3 Å². The van der Waals surface area contributed by atoms with Crippen LogP contribution in [-0.4, -0.2) is 24.4 Å². The molecular weight excluding hydrogens is 138 g/mol. The van der Waals surface area contributed by atoms with E-state index < -0.39 is 0 Å². The molecule has 1 amide bonds. The number of rotatable bonds is 1. The van der Waals surface area contributed by atoms with Crippen LogP contribution in [0.3, 0.4) is 0 Å². The third-order valence-corrected chi connectivity index (χ3v) is 2.84. The molecule has 0 aromatic carbocycles. The van der Waals surface area contributed by atoms with Gasteiger partial charge >= 0.3 is 0 Å². The Morgan fingerprint density at radius 2 is 2.27 bits per heavy atom. The minimum Gasteiger partial charge on any atom is -0.345 e. The first kappa shape index (κ1) is 8.57. The summed E-state index contributed by atoms with van der Waals surface area (Å²) in [7, 11) is 1.90. The van der Waals surface area contributed by atoms with E-state index in [2.05, 4.69) is 13.8 Å². The number of hydrogen-bond acceptors (Lipinski definition) is 1. The molecule has 1 saturated heterocycles. The quantitative estimate of drug-likeness (QED) is 0.564. The van der Waals surface area contributed by atoms with Crippen molar-refractivity contribution in [2.75, 3.05) is 13.6 Å². The van der Waals surface area contributed by atoms with Crippen LogP contribution in [-0.2, 0) is 4.79 Å². The van der Waals surface area contributed by atoms with Gasteiger partial charge in [0.1, 0.15) is 0 Å². The normalized spacial score (nSPS) is 32.6. The average Bonchev–Trinajstić information content (AvgIpc) is 1.98. The molecule has 1 aliphatic rings. The molecule has 2 heteroatoms. The highest BCUT2D eigenvalue weighted by molar-refractivity contribution is 5.76. The zero-order valence-electron chi connectivity index (χ0n) is 7.68. The maximum atomic E-state index is 11.1. The first-order valence-corrected chi connectivity index (χ1v) is 4.31. The Bertz CT molecular complexity index is 167. The Kier molecular flexibility index (Phi) is 2.21. The summed E-state index contributed by atoms with van der Waals surface area (Å²) in [5.74, 6) is 0.302. The highest BCUT2D eigenvalue weighted by atomic mass is 16.2. The summed E-state index contributed by atoms with van der Waals surface area (Å²) in [6.45, 7) is 5.39. The van der Waals surface area contributed by atoms with Gasteiger partial charge in [-0.3, -0.25) is 4.79 Å². The van der Waals surface area contributed by atoms with Gasteiger partial charge in [-0.15, -0.1) is 0 Å². The van der Waals surface area contributed by atoms with E-state index in [9.17, 15) is 4.79 Å². The van der Waals surface area contributed by atoms with Crippen LogP contribution >= 0.6 is 0 Å². The number of likely N-dealkylation sites (tertiary alicyclic amines) is 1. The van der Waals surface area contributed by atoms with Gasteiger partial charge in [-0.2, -0.15) is 0 Å². The van der Waals surface area contributed by atoms with Crippen LogP contribution in [0.4, 0.5) is 0 Å². The Labute approximate surface area is 68.6 Å². The third kappa shape index (κ3) is 1.73. The monoisotopic (exact) mass is 155 g/mol. The van der Waals surface area contributed by atoms with Crippen molar-refractivity contribution in [1.29, 1.82) is 0 Å². The fourth-order valence-corrected chi connectivity index (χ4v) is 1.63. The lowest BCUT2D eigenvalue weighted by atomic mass is 9.80. The number of amides is 1. The lowest BCUT2D eigenvalue weighted by molar-refractivity contribution is -0.135. The SMILES string of the molecule is CCC1(C)CCC(=O)N(C)C1. The summed E-state index contributed by atoms with van der Waals surface area (Å²) in [5, 5.41) is 0. The van der Waals surface area contributed by atoms with Crippen molar-refractivity contribution in [2.45, 2.75) is 33.1 Å². The minimum absolute atomic E-state index is 0.302. The van der Waals surface area contributed by atoms with Crippen molar-refractivity contribution in [3.63, 3.8) is 0 Å². The second kappa shape index (κ2) is 2.84. The predicted molar refractivity (Wildman–Crippen MR) is 45.3 cm³/mol. The van der Waals surface area contributed by atoms with E-state index >= 15 is 0 Å². The van der Waals surface area contributed by atoms with E-state index in [1.165, 1.54) is 6.42 Å². The molecule has 11 heavy (non-hydrogen) atoms. The van der Waals surface area contributed by atoms with E-state index in [1.54, 1.807) is 0 Å². The molecule has 1 fully saturated rings. The second-order valence-electron chi connectivity index (χ2n) is 3.91. The molecule has 0 saturated carbocycles. The van der Waals surface area contributed by atoms with Crippen molar-refractivity contribution in [3.8, 4) is 0 Å². The topological polar surface area (TPSA) is 20.3 Å². The highest BCUT2D eigenvalue weighted by Gasteiger charge is 2.31. The van der Waals surface area contributed by atoms with Gasteiger partial charge in [0.05, 0.1) is 0 Å². The molecule has 1 rings (SSSR count). The molecular formula is C9H17NO. The molecule has 1 aliphatic heterocycles. The maximum Gasteiger partial charge on any atom is 0.222 e. The van der Waals surface area contributed by atoms with Crippen molar-refractivity contribution in [3.05, 3.63) is 0 Å². The first-order chi connectivity index (χ1) is 5.07. The fraction of sp³-hybridized carbons (Fsp3) is 0.889. The maximum absolute atomic E-state index is 11.1. The Hall–Kier alpha value is -0.530. The van der Waals surface area contributed by atoms with Crippen molar-refractivity contribution >= 4 is 5.91 Å². The molecule has 64 valence electrons. The van der Waals surface area contributed by atoms with Crippen LogP contribution < -0.4 is 0 Å². The van der Waals surface area contributed by atoms with Gasteiger partial charge in [-0.25, -0.2) is 0 Å². The number of nitrogens with zero attached hydrogens (tertiary/aromatic N) is 1. The number of carbonyl (C=O) groups excluding carboxylic acids is 1. The molecule has 0 radical (unpaired) electrons. The van der Waals surface area contributed by atoms with Crippen molar-refractivity contribution < 1.29 is 4.79 Å². The molecule has 0 bridgehead atoms. The van der Waals surface area contributed by atoms with Gasteiger partial charge < -0.3 is 4.90 Å². The first-order valence-electron chi connectivity index (χ1n) is 4.31. The van der Waals surface area contributed by atoms with E-state index in [-0.39, 0.29) is 0 Å². The zero-order chi connectivity index (χ0) is 8.48. The Morgan fingerprint density at radius 1 is 1.64 bits per heavy atom. The molecule has 0 N–H and O–H groups in total. The summed E-state index contributed by atoms with van der Waals surface area (Å²) in [6.07, 6.45) is 2.97. The van der Waals surface area contributed by atoms with Gasteiger partial charge in [0, 0.05) is 20.0 Å². The van der Waals surface area contributed by atoms with E-state index in [1.807, 2.05) is 11.9 Å². The second-order valence-corrected chi connectivity index (χ2v) is 3.91. The van der Waals surface area contributed by atoms with E-state index in [0.717, 1.165) is 19.4 Å². The van der Waals surface area contributed by atoms with Gasteiger partial charge in [-0.1, -0.05) is 13.8 Å². The largest absolute Gasteiger partial charge is 0.345 e. The molecule has 2 nitrogen and oxygen atoms in total. The van der Waals surface area contributed by atoms with Gasteiger partial charge in [0.25, 0.3) is 0 Å². The molecule has 1 unspecified atom stereocenters. The molecule has 0 aromatic heterocycles. The van der Waals surface area contributed by atoms with Crippen LogP contribution in [0.2, 0.25) is 0 Å². The summed E-state index contributed by atoms with van der Waals surface area (Å²) in [4.78, 5) is 13.0. The Morgan fingerprint density at radius 3 is 2.73 bits per heavy atom. The third-order valence-electron chi connectivity index (χ3n) is 2.84. The summed E-state index contributed by atoms with van der Waals surface area (Å²) in [5.41, 5.74) is 0.378. The van der Waals surface area contributed by atoms with Gasteiger partial charge in [0.15, 0.2) is 0 Å². The lowest BCUT2D eigenvalue weighted by Crippen LogP contribution is -2.42. The fourth-order valence-electron chi connectivity index (χ4n) is 1.63. The zero-order valence-corrected chi connectivity index (χ0v) is 7.68. The molecule has 0 spiro atoms. The number of carbonyl (C=O) groups is 1. The molecule has 0 aromatic rings. The Balaban J connectivity index is 2.58. The number of piperidine rings is 1. The molecule has 0 aliphatic carbocycles. The standard InChI is InChI=1S/C9H17NO/c1-4-9(2)6-5-8(11)10(3)7-9/h4-7H2,1-3H3. The van der Waals surface area contributed by atoms with Crippen molar-refractivity contribution in [2.24, 2.45) is 5.41 Å². The average molecular weight is 155 g/mol. The van der Waals surface area contributed by atoms with Gasteiger partial charge in [-0.05, 0) is 18.3 Å². The highest BCUT2D eigenvalue weighted by Crippen LogP contribution is 2.32. The summed E-state index contributed by atoms with van der Waals surface area (Å²) < 4.78 is 0.